The van der Waals surface area contributed by atoms with Gasteiger partial charge in [-0.3, -0.25) is 0 Å². The smallest absolute Gasteiger partial charge is 0.335 e. The van der Waals surface area contributed by atoms with E-state index < -0.39 is 11.8 Å². The number of rotatable bonds is 5. The topological polar surface area (TPSA) is 49.3 Å². The van der Waals surface area contributed by atoms with Crippen LogP contribution in [0.1, 0.15) is 36.5 Å². The summed E-state index contributed by atoms with van der Waals surface area (Å²) >= 11 is 0. The van der Waals surface area contributed by atoms with Crippen molar-refractivity contribution in [1.82, 2.24) is 0 Å². The first-order chi connectivity index (χ1) is 8.11. The van der Waals surface area contributed by atoms with E-state index in [-0.39, 0.29) is 11.6 Å². The van der Waals surface area contributed by atoms with Crippen LogP contribution in [-0.2, 0) is 0 Å². The lowest BCUT2D eigenvalue weighted by atomic mass is 10.1. The fourth-order valence-electron chi connectivity index (χ4n) is 2.02. The molecule has 0 bridgehead atoms. The number of carboxylic acids is 1. The Morgan fingerprint density at radius 2 is 2.29 bits per heavy atom. The van der Waals surface area contributed by atoms with Gasteiger partial charge in [0.2, 0.25) is 0 Å². The standard InChI is InChI=1S/C13H16FNO2/c1-2-11(8-3-4-8)15-12-7-9(13(16)17)5-6-10(12)14/h5-8,11,15H,2-4H2,1H3,(H,16,17). The molecule has 1 aromatic carbocycles. The minimum atomic E-state index is -1.03. The molecule has 0 aliphatic heterocycles. The monoisotopic (exact) mass is 237 g/mol. The fraction of sp³-hybridized carbons (Fsp3) is 0.462. The number of hydrogen-bond donors (Lipinski definition) is 2. The maximum atomic E-state index is 13.6. The minimum Gasteiger partial charge on any atom is -0.478 e. The molecule has 2 rings (SSSR count). The zero-order chi connectivity index (χ0) is 12.4. The normalized spacial score (nSPS) is 16.6. The number of aromatic carboxylic acids is 1. The van der Waals surface area contributed by atoms with Crippen LogP contribution < -0.4 is 5.32 Å². The first-order valence-corrected chi connectivity index (χ1v) is 5.91. The van der Waals surface area contributed by atoms with E-state index in [0.29, 0.717) is 11.6 Å². The van der Waals surface area contributed by atoms with Crippen LogP contribution in [0.25, 0.3) is 0 Å². The van der Waals surface area contributed by atoms with E-state index in [4.69, 9.17) is 5.11 Å². The molecule has 0 amide bonds. The van der Waals surface area contributed by atoms with Gasteiger partial charge in [-0.1, -0.05) is 6.92 Å². The molecule has 1 aromatic rings. The first-order valence-electron chi connectivity index (χ1n) is 5.91. The van der Waals surface area contributed by atoms with Gasteiger partial charge in [-0.05, 0) is 43.4 Å². The van der Waals surface area contributed by atoms with Gasteiger partial charge >= 0.3 is 5.97 Å². The fourth-order valence-corrected chi connectivity index (χ4v) is 2.02. The molecular formula is C13H16FNO2. The SMILES string of the molecule is CCC(Nc1cc(C(=O)O)ccc1F)C1CC1. The van der Waals surface area contributed by atoms with Gasteiger partial charge in [-0.15, -0.1) is 0 Å². The molecule has 2 N–H and O–H groups in total. The molecule has 0 heterocycles. The molecule has 92 valence electrons. The Kier molecular flexibility index (Phi) is 3.31. The van der Waals surface area contributed by atoms with Crippen LogP contribution in [-0.4, -0.2) is 17.1 Å². The number of anilines is 1. The summed E-state index contributed by atoms with van der Waals surface area (Å²) in [5.41, 5.74) is 0.406. The predicted octanol–water partition coefficient (Wildman–Crippen LogP) is 3.12. The van der Waals surface area contributed by atoms with Crippen LogP contribution in [0, 0.1) is 11.7 Å². The van der Waals surface area contributed by atoms with Crippen LogP contribution in [0.5, 0.6) is 0 Å². The highest BCUT2D eigenvalue weighted by atomic mass is 19.1. The summed E-state index contributed by atoms with van der Waals surface area (Å²) in [6.07, 6.45) is 3.26. The predicted molar refractivity (Wildman–Crippen MR) is 63.8 cm³/mol. The van der Waals surface area contributed by atoms with Crippen molar-refractivity contribution >= 4 is 11.7 Å². The Labute approximate surface area is 99.7 Å². The van der Waals surface area contributed by atoms with Gasteiger partial charge in [0, 0.05) is 6.04 Å². The molecule has 1 fully saturated rings. The van der Waals surface area contributed by atoms with E-state index in [1.807, 2.05) is 0 Å². The van der Waals surface area contributed by atoms with E-state index in [1.165, 1.54) is 31.0 Å². The lowest BCUT2D eigenvalue weighted by molar-refractivity contribution is 0.0697. The third-order valence-electron chi connectivity index (χ3n) is 3.19. The highest BCUT2D eigenvalue weighted by Gasteiger charge is 2.30. The second kappa shape index (κ2) is 4.73. The molecule has 1 aliphatic rings. The summed E-state index contributed by atoms with van der Waals surface area (Å²) in [6.45, 7) is 2.05. The zero-order valence-corrected chi connectivity index (χ0v) is 9.74. The Morgan fingerprint density at radius 3 is 2.82 bits per heavy atom. The number of halogens is 1. The molecule has 0 radical (unpaired) electrons. The van der Waals surface area contributed by atoms with Crippen molar-refractivity contribution in [2.45, 2.75) is 32.2 Å². The first kappa shape index (κ1) is 11.9. The van der Waals surface area contributed by atoms with Crippen molar-refractivity contribution in [2.75, 3.05) is 5.32 Å². The van der Waals surface area contributed by atoms with Gasteiger partial charge in [0.25, 0.3) is 0 Å². The summed E-state index contributed by atoms with van der Waals surface area (Å²) < 4.78 is 13.6. The third-order valence-corrected chi connectivity index (χ3v) is 3.19. The second-order valence-corrected chi connectivity index (χ2v) is 4.50. The highest BCUT2D eigenvalue weighted by Crippen LogP contribution is 2.36. The van der Waals surface area contributed by atoms with Crippen molar-refractivity contribution in [2.24, 2.45) is 5.92 Å². The van der Waals surface area contributed by atoms with Gasteiger partial charge in [0.1, 0.15) is 5.82 Å². The molecule has 1 saturated carbocycles. The number of carboxylic acid groups (broad SMARTS) is 1. The molecule has 0 spiro atoms. The van der Waals surface area contributed by atoms with E-state index in [1.54, 1.807) is 0 Å². The van der Waals surface area contributed by atoms with E-state index >= 15 is 0 Å². The molecule has 1 unspecified atom stereocenters. The molecule has 3 nitrogen and oxygen atoms in total. The molecule has 0 aromatic heterocycles. The average Bonchev–Trinajstić information content (AvgIpc) is 3.11. The summed E-state index contributed by atoms with van der Waals surface area (Å²) in [5, 5.41) is 12.0. The van der Waals surface area contributed by atoms with Crippen molar-refractivity contribution in [3.05, 3.63) is 29.6 Å². The number of carbonyl (C=O) groups is 1. The Balaban J connectivity index is 2.18. The Morgan fingerprint density at radius 1 is 1.59 bits per heavy atom. The maximum Gasteiger partial charge on any atom is 0.335 e. The number of hydrogen-bond acceptors (Lipinski definition) is 2. The third kappa shape index (κ3) is 2.75. The van der Waals surface area contributed by atoms with Crippen molar-refractivity contribution in [3.8, 4) is 0 Å². The van der Waals surface area contributed by atoms with Crippen LogP contribution in [0.2, 0.25) is 0 Å². The summed E-state index contributed by atoms with van der Waals surface area (Å²) in [4.78, 5) is 10.8. The average molecular weight is 237 g/mol. The van der Waals surface area contributed by atoms with Gasteiger partial charge in [-0.25, -0.2) is 9.18 Å². The van der Waals surface area contributed by atoms with Crippen LogP contribution in [0.4, 0.5) is 10.1 Å². The van der Waals surface area contributed by atoms with Crippen molar-refractivity contribution in [3.63, 3.8) is 0 Å². The molecule has 0 saturated heterocycles. The molecular weight excluding hydrogens is 221 g/mol. The Bertz CT molecular complexity index is 429. The molecule has 4 heteroatoms. The van der Waals surface area contributed by atoms with Crippen LogP contribution >= 0.6 is 0 Å². The van der Waals surface area contributed by atoms with E-state index in [9.17, 15) is 9.18 Å². The lowest BCUT2D eigenvalue weighted by Crippen LogP contribution is -2.21. The van der Waals surface area contributed by atoms with Crippen LogP contribution in [0.15, 0.2) is 18.2 Å². The Hall–Kier alpha value is -1.58. The van der Waals surface area contributed by atoms with Gasteiger partial charge in [0.15, 0.2) is 0 Å². The molecule has 17 heavy (non-hydrogen) atoms. The zero-order valence-electron chi connectivity index (χ0n) is 9.74. The highest BCUT2D eigenvalue weighted by molar-refractivity contribution is 5.88. The van der Waals surface area contributed by atoms with Crippen LogP contribution in [0.3, 0.4) is 0 Å². The minimum absolute atomic E-state index is 0.111. The number of benzene rings is 1. The van der Waals surface area contributed by atoms with Crippen molar-refractivity contribution < 1.29 is 14.3 Å². The molecule has 1 aliphatic carbocycles. The maximum absolute atomic E-state index is 13.6. The van der Waals surface area contributed by atoms with E-state index in [0.717, 1.165) is 6.42 Å². The van der Waals surface area contributed by atoms with Gasteiger partial charge < -0.3 is 10.4 Å². The van der Waals surface area contributed by atoms with E-state index in [2.05, 4.69) is 12.2 Å². The number of nitrogens with one attached hydrogen (secondary N) is 1. The van der Waals surface area contributed by atoms with Gasteiger partial charge in [0.05, 0.1) is 11.3 Å². The summed E-state index contributed by atoms with van der Waals surface area (Å²) in [5.74, 6) is -0.825. The second-order valence-electron chi connectivity index (χ2n) is 4.50. The largest absolute Gasteiger partial charge is 0.478 e. The van der Waals surface area contributed by atoms with Gasteiger partial charge in [-0.2, -0.15) is 0 Å². The summed E-state index contributed by atoms with van der Waals surface area (Å²) in [6, 6.07) is 4.09. The quantitative estimate of drug-likeness (QED) is 0.827. The van der Waals surface area contributed by atoms with Crippen molar-refractivity contribution in [1.29, 1.82) is 0 Å². The molecule has 1 atom stereocenters. The summed E-state index contributed by atoms with van der Waals surface area (Å²) in [7, 11) is 0. The lowest BCUT2D eigenvalue weighted by Gasteiger charge is -2.18.